The number of hydrogen-bond donors (Lipinski definition) is 0. The molecule has 5 aromatic heterocycles. The molecule has 58 heavy (non-hydrogen) atoms. The van der Waals surface area contributed by atoms with Gasteiger partial charge in [-0.2, -0.15) is 0 Å². The zero-order chi connectivity index (χ0) is 40.0. The number of anilines is 6. The normalized spacial score (nSPS) is 14.2. The van der Waals surface area contributed by atoms with Crippen LogP contribution < -0.4 is 26.2 Å². The molecule has 0 aliphatic carbocycles. The number of hydrogen-bond acceptors (Lipinski definition) is 5. The average Bonchev–Trinajstić information content (AvgIpc) is 3.72. The highest BCUT2D eigenvalue weighted by Gasteiger charge is 2.47. The molecule has 2 aliphatic rings. The molecule has 2 aliphatic heterocycles. The zero-order valence-electron chi connectivity index (χ0n) is 34.8. The third-order valence-corrected chi connectivity index (χ3v) is 12.9. The van der Waals surface area contributed by atoms with E-state index in [0.717, 1.165) is 28.1 Å². The van der Waals surface area contributed by atoms with Crippen LogP contribution in [0.25, 0.3) is 38.1 Å². The number of fused-ring (bicyclic) bond motifs is 12. The highest BCUT2D eigenvalue weighted by atomic mass is 15.2. The Kier molecular flexibility index (Phi) is 7.05. The van der Waals surface area contributed by atoms with Crippen molar-refractivity contribution in [1.82, 2.24) is 19.4 Å². The summed E-state index contributed by atoms with van der Waals surface area (Å²) in [4.78, 5) is 19.4. The zero-order valence-corrected chi connectivity index (χ0v) is 34.8. The van der Waals surface area contributed by atoms with Gasteiger partial charge in [0.25, 0.3) is 6.71 Å². The molecule has 4 aromatic carbocycles. The predicted molar refractivity (Wildman–Crippen MR) is 245 cm³/mol. The molecule has 0 fully saturated rings. The molecule has 0 saturated heterocycles. The maximum absolute atomic E-state index is 4.85. The van der Waals surface area contributed by atoms with Crippen LogP contribution in [0.15, 0.2) is 122 Å². The Morgan fingerprint density at radius 1 is 0.466 bits per heavy atom. The molecule has 0 atom stereocenters. The fraction of sp³-hybridized carbons (Fsp3) is 0.235. The lowest BCUT2D eigenvalue weighted by atomic mass is 9.33. The Morgan fingerprint density at radius 3 is 1.45 bits per heavy atom. The molecule has 0 N–H and O–H groups in total. The van der Waals surface area contributed by atoms with Crippen molar-refractivity contribution in [2.45, 2.75) is 78.6 Å². The van der Waals surface area contributed by atoms with Crippen molar-refractivity contribution in [2.24, 2.45) is 0 Å². The lowest BCUT2D eigenvalue weighted by Gasteiger charge is -2.45. The van der Waals surface area contributed by atoms with Gasteiger partial charge < -0.3 is 14.2 Å². The number of rotatable bonds is 2. The number of aromatic nitrogens is 4. The van der Waals surface area contributed by atoms with Crippen molar-refractivity contribution in [3.8, 4) is 0 Å². The molecule has 11 rings (SSSR count). The van der Waals surface area contributed by atoms with E-state index in [1.54, 1.807) is 0 Å². The molecule has 7 heterocycles. The van der Waals surface area contributed by atoms with E-state index >= 15 is 0 Å². The van der Waals surface area contributed by atoms with Gasteiger partial charge in [0.05, 0.1) is 52.2 Å². The topological polar surface area (TPSA) is 49.6 Å². The molecule has 284 valence electrons. The Balaban J connectivity index is 1.37. The molecule has 0 spiro atoms. The van der Waals surface area contributed by atoms with Gasteiger partial charge in [-0.05, 0) is 97.9 Å². The molecule has 6 nitrogen and oxygen atoms in total. The van der Waals surface area contributed by atoms with Crippen molar-refractivity contribution in [3.63, 3.8) is 0 Å². The number of benzene rings is 4. The third kappa shape index (κ3) is 4.76. The van der Waals surface area contributed by atoms with Crippen molar-refractivity contribution in [1.29, 1.82) is 0 Å². The molecule has 0 radical (unpaired) electrons. The SMILES string of the molecule is CC(C)(C)c1ccc(N2c3ccc(C(C)(C)C)cc3B3c4ccncc4N(c4ccc(C(C)(C)C)cc4)c4c3c2c2c3ccncc3n3c5cnccc5c4c23)cc1. The van der Waals surface area contributed by atoms with Gasteiger partial charge in [-0.1, -0.05) is 98.7 Å². The summed E-state index contributed by atoms with van der Waals surface area (Å²) in [5.41, 5.74) is 18.1. The standard InChI is InChI=1S/C51H47BN6/c1-49(2,3)30-10-15-33(16-11-30)56-39-19-14-32(51(7,8)9)26-38(39)52-37-22-25-55-29-42(37)57(34-17-12-31(13-18-34)50(4,5)6)48-44-36-21-24-54-28-41(36)58-40-27-53-23-20-35(40)43(46(44)58)47(56)45(48)52/h10-29H,1-9H3. The first kappa shape index (κ1) is 35.0. The summed E-state index contributed by atoms with van der Waals surface area (Å²) in [6.07, 6.45) is 12.0. The molecule has 7 heteroatoms. The minimum Gasteiger partial charge on any atom is -0.311 e. The van der Waals surface area contributed by atoms with Crippen molar-refractivity contribution in [3.05, 3.63) is 139 Å². The predicted octanol–water partition coefficient (Wildman–Crippen LogP) is 11.0. The third-order valence-electron chi connectivity index (χ3n) is 12.9. The molecule has 0 unspecified atom stereocenters. The smallest absolute Gasteiger partial charge is 0.252 e. The molecule has 0 amide bonds. The summed E-state index contributed by atoms with van der Waals surface area (Å²) in [7, 11) is 0. The minimum atomic E-state index is -0.0535. The van der Waals surface area contributed by atoms with E-state index in [0.29, 0.717) is 0 Å². The lowest BCUT2D eigenvalue weighted by molar-refractivity contribution is 0.590. The summed E-state index contributed by atoms with van der Waals surface area (Å²) < 4.78 is 2.42. The Morgan fingerprint density at radius 2 is 0.931 bits per heavy atom. The highest BCUT2D eigenvalue weighted by Crippen LogP contribution is 2.54. The summed E-state index contributed by atoms with van der Waals surface area (Å²) in [5.74, 6) is 0. The maximum Gasteiger partial charge on any atom is 0.252 e. The molecular formula is C51H47BN6. The van der Waals surface area contributed by atoms with E-state index in [1.165, 1.54) is 77.2 Å². The van der Waals surface area contributed by atoms with E-state index in [4.69, 9.17) is 15.0 Å². The van der Waals surface area contributed by atoms with Gasteiger partial charge in [0.2, 0.25) is 0 Å². The Hall–Kier alpha value is -6.21. The first-order valence-corrected chi connectivity index (χ1v) is 20.5. The van der Waals surface area contributed by atoms with Crippen molar-refractivity contribution in [2.75, 3.05) is 9.80 Å². The number of nitrogens with zero attached hydrogens (tertiary/aromatic N) is 6. The van der Waals surface area contributed by atoms with Gasteiger partial charge >= 0.3 is 0 Å². The monoisotopic (exact) mass is 754 g/mol. The van der Waals surface area contributed by atoms with Gasteiger partial charge in [0, 0.05) is 57.2 Å². The van der Waals surface area contributed by atoms with E-state index in [2.05, 4.69) is 168 Å². The van der Waals surface area contributed by atoms with Crippen LogP contribution >= 0.6 is 0 Å². The van der Waals surface area contributed by atoms with Crippen LogP contribution in [0.4, 0.5) is 34.1 Å². The van der Waals surface area contributed by atoms with Crippen LogP contribution in [-0.2, 0) is 16.2 Å². The Labute approximate surface area is 340 Å². The molecular weight excluding hydrogens is 707 g/mol. The van der Waals surface area contributed by atoms with E-state index < -0.39 is 0 Å². The summed E-state index contributed by atoms with van der Waals surface area (Å²) in [5, 5.41) is 4.82. The van der Waals surface area contributed by atoms with Crippen LogP contribution in [0.3, 0.4) is 0 Å². The van der Waals surface area contributed by atoms with Gasteiger partial charge in [0.15, 0.2) is 0 Å². The van der Waals surface area contributed by atoms with Crippen LogP contribution in [0, 0.1) is 0 Å². The van der Waals surface area contributed by atoms with Crippen LogP contribution in [0.1, 0.15) is 79.0 Å². The molecule has 9 aromatic rings. The molecule has 0 bridgehead atoms. The fourth-order valence-electron chi connectivity index (χ4n) is 9.89. The first-order valence-electron chi connectivity index (χ1n) is 20.5. The molecule has 0 saturated carbocycles. The van der Waals surface area contributed by atoms with E-state index in [-0.39, 0.29) is 23.0 Å². The average molecular weight is 755 g/mol. The van der Waals surface area contributed by atoms with Crippen LogP contribution in [0.2, 0.25) is 0 Å². The lowest BCUT2D eigenvalue weighted by Crippen LogP contribution is -2.61. The van der Waals surface area contributed by atoms with E-state index in [1.807, 2.05) is 31.0 Å². The van der Waals surface area contributed by atoms with Crippen LogP contribution in [0.5, 0.6) is 0 Å². The quantitative estimate of drug-likeness (QED) is 0.165. The second kappa shape index (κ2) is 11.7. The Bertz CT molecular complexity index is 3040. The van der Waals surface area contributed by atoms with Gasteiger partial charge in [0.1, 0.15) is 0 Å². The summed E-state index contributed by atoms with van der Waals surface area (Å²) in [6.45, 7) is 20.6. The maximum atomic E-state index is 4.85. The van der Waals surface area contributed by atoms with Gasteiger partial charge in [-0.15, -0.1) is 0 Å². The second-order valence-corrected chi connectivity index (χ2v) is 19.5. The minimum absolute atomic E-state index is 0.0234. The van der Waals surface area contributed by atoms with E-state index in [9.17, 15) is 0 Å². The van der Waals surface area contributed by atoms with Gasteiger partial charge in [-0.3, -0.25) is 15.0 Å². The number of pyridine rings is 3. The fourth-order valence-corrected chi connectivity index (χ4v) is 9.89. The summed E-state index contributed by atoms with van der Waals surface area (Å²) >= 11 is 0. The van der Waals surface area contributed by atoms with Crippen molar-refractivity contribution >= 4 is 95.3 Å². The highest BCUT2D eigenvalue weighted by molar-refractivity contribution is 7.01. The largest absolute Gasteiger partial charge is 0.311 e. The van der Waals surface area contributed by atoms with Crippen molar-refractivity contribution < 1.29 is 0 Å². The first-order chi connectivity index (χ1) is 27.7. The van der Waals surface area contributed by atoms with Gasteiger partial charge in [-0.25, -0.2) is 0 Å². The van der Waals surface area contributed by atoms with Crippen LogP contribution in [-0.4, -0.2) is 26.1 Å². The summed E-state index contributed by atoms with van der Waals surface area (Å²) in [6, 6.07) is 32.4. The second-order valence-electron chi connectivity index (χ2n) is 19.5.